The van der Waals surface area contributed by atoms with Gasteiger partial charge in [-0.3, -0.25) is 0 Å². The van der Waals surface area contributed by atoms with Crippen LogP contribution in [0.1, 0.15) is 32.6 Å². The molecule has 0 N–H and O–H groups in total. The van der Waals surface area contributed by atoms with Crippen molar-refractivity contribution in [2.45, 2.75) is 39.6 Å². The van der Waals surface area contributed by atoms with Crippen molar-refractivity contribution < 1.29 is 0 Å². The van der Waals surface area contributed by atoms with Crippen LogP contribution in [-0.4, -0.2) is 6.97 Å². The monoisotopic (exact) mass is 412 g/mol. The summed E-state index contributed by atoms with van der Waals surface area (Å²) in [4.78, 5) is 0.584. The third-order valence-electron chi connectivity index (χ3n) is 1.32. The van der Waals surface area contributed by atoms with Gasteiger partial charge in [-0.15, -0.1) is 0 Å². The molecular formula is C7H12Br4. The molecule has 0 heterocycles. The molecule has 0 saturated heterocycles. The van der Waals surface area contributed by atoms with Crippen molar-refractivity contribution in [3.8, 4) is 0 Å². The van der Waals surface area contributed by atoms with Crippen LogP contribution >= 0.6 is 63.7 Å². The number of unbranched alkanes of at least 4 members (excludes halogenated alkanes) is 1. The van der Waals surface area contributed by atoms with Crippen LogP contribution in [0.4, 0.5) is 0 Å². The standard InChI is InChI=1S/C7H12Br4/c1-2-3-4-6(8)5-7(9,10)11/h6H,2-5H2,1H3. The van der Waals surface area contributed by atoms with Crippen molar-refractivity contribution in [1.29, 1.82) is 0 Å². The highest BCUT2D eigenvalue weighted by atomic mass is 80.0. The molecule has 0 aromatic carbocycles. The predicted octanol–water partition coefficient (Wildman–Crippen LogP) is 5.17. The summed E-state index contributed by atoms with van der Waals surface area (Å²) in [5.74, 6) is 0. The second-order valence-corrected chi connectivity index (χ2v) is 11.1. The van der Waals surface area contributed by atoms with E-state index in [2.05, 4.69) is 70.6 Å². The summed E-state index contributed by atoms with van der Waals surface area (Å²) in [6.07, 6.45) is 4.83. The molecular weight excluding hydrogens is 404 g/mol. The van der Waals surface area contributed by atoms with Crippen LogP contribution in [0.15, 0.2) is 0 Å². The smallest absolute Gasteiger partial charge is 0.0889 e. The maximum absolute atomic E-state index is 3.62. The molecule has 0 rings (SSSR count). The summed E-state index contributed by atoms with van der Waals surface area (Å²) >= 11 is 14.0. The maximum atomic E-state index is 3.62. The zero-order valence-electron chi connectivity index (χ0n) is 6.42. The highest BCUT2D eigenvalue weighted by Gasteiger charge is 2.21. The van der Waals surface area contributed by atoms with E-state index in [0.717, 1.165) is 6.42 Å². The zero-order chi connectivity index (χ0) is 8.91. The number of hydrogen-bond donors (Lipinski definition) is 0. The molecule has 0 spiro atoms. The van der Waals surface area contributed by atoms with Gasteiger partial charge in [0, 0.05) is 4.83 Å². The van der Waals surface area contributed by atoms with Crippen LogP contribution in [0.2, 0.25) is 0 Å². The number of alkyl halides is 4. The minimum atomic E-state index is -0.0884. The molecule has 0 nitrogen and oxygen atoms in total. The molecule has 0 aromatic rings. The summed E-state index contributed by atoms with van der Waals surface area (Å²) in [6, 6.07) is 0. The van der Waals surface area contributed by atoms with Gasteiger partial charge < -0.3 is 0 Å². The molecule has 0 amide bonds. The third kappa shape index (κ3) is 9.84. The van der Waals surface area contributed by atoms with Crippen LogP contribution in [0, 0.1) is 0 Å². The molecule has 4 heteroatoms. The fourth-order valence-electron chi connectivity index (χ4n) is 0.779. The van der Waals surface area contributed by atoms with Crippen molar-refractivity contribution in [2.24, 2.45) is 0 Å². The minimum absolute atomic E-state index is 0.0884. The average Bonchev–Trinajstić information content (AvgIpc) is 1.79. The van der Waals surface area contributed by atoms with Crippen LogP contribution < -0.4 is 0 Å². The Labute approximate surface area is 102 Å². The van der Waals surface area contributed by atoms with Gasteiger partial charge in [0.25, 0.3) is 0 Å². The third-order valence-corrected chi connectivity index (χ3v) is 3.08. The van der Waals surface area contributed by atoms with Gasteiger partial charge in [-0.2, -0.15) is 0 Å². The Morgan fingerprint density at radius 3 is 2.18 bits per heavy atom. The van der Waals surface area contributed by atoms with Crippen molar-refractivity contribution in [3.05, 3.63) is 0 Å². The molecule has 0 fully saturated rings. The largest absolute Gasteiger partial charge is 0.136 e. The summed E-state index contributed by atoms with van der Waals surface area (Å²) in [5.41, 5.74) is 0. The minimum Gasteiger partial charge on any atom is -0.0889 e. The van der Waals surface area contributed by atoms with E-state index < -0.39 is 0 Å². The lowest BCUT2D eigenvalue weighted by Crippen LogP contribution is -2.09. The predicted molar refractivity (Wildman–Crippen MR) is 66.4 cm³/mol. The SMILES string of the molecule is CCCCC(Br)CC(Br)(Br)Br. The fraction of sp³-hybridized carbons (Fsp3) is 1.00. The van der Waals surface area contributed by atoms with Crippen LogP contribution in [0.25, 0.3) is 0 Å². The van der Waals surface area contributed by atoms with E-state index in [1.54, 1.807) is 0 Å². The molecule has 0 bridgehead atoms. The zero-order valence-corrected chi connectivity index (χ0v) is 12.8. The molecule has 11 heavy (non-hydrogen) atoms. The lowest BCUT2D eigenvalue weighted by Gasteiger charge is -2.16. The Hall–Kier alpha value is 1.92. The van der Waals surface area contributed by atoms with E-state index in [4.69, 9.17) is 0 Å². The topological polar surface area (TPSA) is 0 Å². The molecule has 1 unspecified atom stereocenters. The molecule has 0 saturated carbocycles. The first-order valence-electron chi connectivity index (χ1n) is 3.66. The average molecular weight is 416 g/mol. The first kappa shape index (κ1) is 12.9. The van der Waals surface area contributed by atoms with E-state index >= 15 is 0 Å². The van der Waals surface area contributed by atoms with E-state index in [1.807, 2.05) is 0 Å². The van der Waals surface area contributed by atoms with Crippen LogP contribution in [-0.2, 0) is 0 Å². The molecule has 0 aliphatic carbocycles. The fourth-order valence-corrected chi connectivity index (χ4v) is 4.06. The second kappa shape index (κ2) is 6.39. The van der Waals surface area contributed by atoms with Gasteiger partial charge in [0.15, 0.2) is 0 Å². The van der Waals surface area contributed by atoms with E-state index in [1.165, 1.54) is 19.3 Å². The second-order valence-electron chi connectivity index (χ2n) is 2.56. The Morgan fingerprint density at radius 1 is 1.27 bits per heavy atom. The summed E-state index contributed by atoms with van der Waals surface area (Å²) < 4.78 is -0.0884. The van der Waals surface area contributed by atoms with Crippen molar-refractivity contribution in [3.63, 3.8) is 0 Å². The van der Waals surface area contributed by atoms with Crippen molar-refractivity contribution >= 4 is 63.7 Å². The first-order chi connectivity index (χ1) is 4.95. The lowest BCUT2D eigenvalue weighted by atomic mass is 10.2. The molecule has 68 valence electrons. The van der Waals surface area contributed by atoms with Crippen LogP contribution in [0.3, 0.4) is 0 Å². The quantitative estimate of drug-likeness (QED) is 0.556. The first-order valence-corrected chi connectivity index (χ1v) is 6.96. The highest BCUT2D eigenvalue weighted by Crippen LogP contribution is 2.40. The van der Waals surface area contributed by atoms with Gasteiger partial charge in [-0.05, 0) is 12.8 Å². The van der Waals surface area contributed by atoms with Crippen molar-refractivity contribution in [1.82, 2.24) is 0 Å². The van der Waals surface area contributed by atoms with E-state index in [-0.39, 0.29) is 2.14 Å². The number of rotatable bonds is 4. The Balaban J connectivity index is 3.44. The summed E-state index contributed by atoms with van der Waals surface area (Å²) in [5, 5.41) is 0. The summed E-state index contributed by atoms with van der Waals surface area (Å²) in [6.45, 7) is 2.21. The van der Waals surface area contributed by atoms with Gasteiger partial charge >= 0.3 is 0 Å². The molecule has 0 radical (unpaired) electrons. The lowest BCUT2D eigenvalue weighted by molar-refractivity contribution is 0.672. The molecule has 0 aromatic heterocycles. The normalized spacial score (nSPS) is 15.0. The van der Waals surface area contributed by atoms with Gasteiger partial charge in [0.05, 0.1) is 0 Å². The maximum Gasteiger partial charge on any atom is 0.136 e. The Kier molecular flexibility index (Phi) is 7.50. The van der Waals surface area contributed by atoms with Crippen molar-refractivity contribution in [2.75, 3.05) is 0 Å². The van der Waals surface area contributed by atoms with Gasteiger partial charge in [-0.25, -0.2) is 0 Å². The van der Waals surface area contributed by atoms with Gasteiger partial charge in [0.2, 0.25) is 0 Å². The Morgan fingerprint density at radius 2 is 1.82 bits per heavy atom. The molecule has 0 aliphatic heterocycles. The van der Waals surface area contributed by atoms with E-state index in [9.17, 15) is 0 Å². The number of hydrogen-bond acceptors (Lipinski definition) is 0. The van der Waals surface area contributed by atoms with Crippen LogP contribution in [0.5, 0.6) is 0 Å². The highest BCUT2D eigenvalue weighted by molar-refractivity contribution is 9.39. The molecule has 1 atom stereocenters. The van der Waals surface area contributed by atoms with Gasteiger partial charge in [0.1, 0.15) is 2.14 Å². The van der Waals surface area contributed by atoms with E-state index in [0.29, 0.717) is 4.83 Å². The molecule has 0 aliphatic rings. The summed E-state index contributed by atoms with van der Waals surface area (Å²) in [7, 11) is 0. The van der Waals surface area contributed by atoms with Gasteiger partial charge in [-0.1, -0.05) is 83.5 Å². The number of halogens is 4. The Bertz CT molecular complexity index is 97.1.